The maximum atomic E-state index is 12.5. The van der Waals surface area contributed by atoms with E-state index in [2.05, 4.69) is 10.6 Å². The summed E-state index contributed by atoms with van der Waals surface area (Å²) in [5.74, 6) is -0.154. The van der Waals surface area contributed by atoms with Crippen molar-refractivity contribution >= 4 is 11.8 Å². The molecule has 148 valence electrons. The summed E-state index contributed by atoms with van der Waals surface area (Å²) in [5, 5.41) is 10.5. The van der Waals surface area contributed by atoms with Crippen molar-refractivity contribution in [2.75, 3.05) is 0 Å². The van der Waals surface area contributed by atoms with Crippen LogP contribution in [0.2, 0.25) is 0 Å². The second-order valence-electron chi connectivity index (χ2n) is 7.37. The SMILES string of the molecule is C[C@@H](NC(=O)C1CC1)C(=O)NCc1cn(-c2ccccc2)nc1-c1ccccc1. The monoisotopic (exact) mass is 388 g/mol. The number of aromatic nitrogens is 2. The standard InChI is InChI=1S/C23H24N4O2/c1-16(25-23(29)18-12-13-18)22(28)24-14-19-15-27(20-10-6-3-7-11-20)26-21(19)17-8-4-2-5-9-17/h2-11,15-16,18H,12-14H2,1H3,(H,24,28)(H,25,29)/t16-/m1/s1. The van der Waals surface area contributed by atoms with Crippen LogP contribution < -0.4 is 10.6 Å². The number of nitrogens with zero attached hydrogens (tertiary/aromatic N) is 2. The van der Waals surface area contributed by atoms with Gasteiger partial charge >= 0.3 is 0 Å². The van der Waals surface area contributed by atoms with E-state index >= 15 is 0 Å². The predicted molar refractivity (Wildman–Crippen MR) is 111 cm³/mol. The lowest BCUT2D eigenvalue weighted by Crippen LogP contribution is -2.45. The third kappa shape index (κ3) is 4.54. The second-order valence-corrected chi connectivity index (χ2v) is 7.37. The summed E-state index contributed by atoms with van der Waals surface area (Å²) in [6.07, 6.45) is 3.77. The molecule has 2 amide bonds. The molecule has 1 aliphatic carbocycles. The number of carbonyl (C=O) groups excluding carboxylic acids is 2. The number of rotatable bonds is 7. The topological polar surface area (TPSA) is 76.0 Å². The van der Waals surface area contributed by atoms with E-state index in [0.29, 0.717) is 6.54 Å². The molecule has 1 fully saturated rings. The lowest BCUT2D eigenvalue weighted by atomic mass is 10.1. The van der Waals surface area contributed by atoms with E-state index in [0.717, 1.165) is 35.3 Å². The number of hydrogen-bond acceptors (Lipinski definition) is 3. The molecule has 1 aliphatic rings. The highest BCUT2D eigenvalue weighted by Gasteiger charge is 2.31. The highest BCUT2D eigenvalue weighted by molar-refractivity contribution is 5.89. The number of nitrogens with one attached hydrogen (secondary N) is 2. The molecule has 6 heteroatoms. The van der Waals surface area contributed by atoms with Gasteiger partial charge in [-0.1, -0.05) is 48.5 Å². The molecule has 2 N–H and O–H groups in total. The van der Waals surface area contributed by atoms with Gasteiger partial charge in [-0.25, -0.2) is 4.68 Å². The summed E-state index contributed by atoms with van der Waals surface area (Å²) in [6, 6.07) is 19.2. The Morgan fingerprint density at radius 2 is 1.72 bits per heavy atom. The zero-order chi connectivity index (χ0) is 20.2. The van der Waals surface area contributed by atoms with Gasteiger partial charge in [-0.2, -0.15) is 5.10 Å². The summed E-state index contributed by atoms with van der Waals surface area (Å²) in [4.78, 5) is 24.4. The molecule has 1 aromatic heterocycles. The van der Waals surface area contributed by atoms with Gasteiger partial charge in [0.2, 0.25) is 11.8 Å². The van der Waals surface area contributed by atoms with E-state index in [1.54, 1.807) is 6.92 Å². The molecule has 0 unspecified atom stereocenters. The predicted octanol–water partition coefficient (Wildman–Crippen LogP) is 3.07. The van der Waals surface area contributed by atoms with Gasteiger partial charge in [0.15, 0.2) is 0 Å². The average Bonchev–Trinajstić information content (AvgIpc) is 3.53. The molecule has 0 bridgehead atoms. The number of para-hydroxylation sites is 1. The van der Waals surface area contributed by atoms with Crippen molar-refractivity contribution < 1.29 is 9.59 Å². The average molecular weight is 388 g/mol. The first-order valence-electron chi connectivity index (χ1n) is 9.89. The summed E-state index contributed by atoms with van der Waals surface area (Å²) >= 11 is 0. The molecule has 3 aromatic rings. The Labute approximate surface area is 169 Å². The molecular formula is C23H24N4O2. The Morgan fingerprint density at radius 1 is 1.07 bits per heavy atom. The van der Waals surface area contributed by atoms with Gasteiger partial charge in [-0.3, -0.25) is 9.59 Å². The fraction of sp³-hybridized carbons (Fsp3) is 0.261. The Kier molecular flexibility index (Phi) is 5.42. The van der Waals surface area contributed by atoms with E-state index in [1.165, 1.54) is 0 Å². The van der Waals surface area contributed by atoms with E-state index in [4.69, 9.17) is 5.10 Å². The van der Waals surface area contributed by atoms with Crippen molar-refractivity contribution in [1.82, 2.24) is 20.4 Å². The largest absolute Gasteiger partial charge is 0.350 e. The van der Waals surface area contributed by atoms with Crippen molar-refractivity contribution in [3.05, 3.63) is 72.4 Å². The van der Waals surface area contributed by atoms with Crippen LogP contribution in [0.4, 0.5) is 0 Å². The maximum Gasteiger partial charge on any atom is 0.242 e. The summed E-state index contributed by atoms with van der Waals surface area (Å²) < 4.78 is 1.82. The number of benzene rings is 2. The van der Waals surface area contributed by atoms with Crippen LogP contribution in [0, 0.1) is 5.92 Å². The first-order valence-corrected chi connectivity index (χ1v) is 9.89. The molecule has 29 heavy (non-hydrogen) atoms. The van der Waals surface area contributed by atoms with Crippen molar-refractivity contribution in [3.8, 4) is 16.9 Å². The third-order valence-corrected chi connectivity index (χ3v) is 5.01. The second kappa shape index (κ2) is 8.31. The third-order valence-electron chi connectivity index (χ3n) is 5.01. The molecule has 0 radical (unpaired) electrons. The minimum Gasteiger partial charge on any atom is -0.350 e. The normalized spacial score (nSPS) is 14.2. The highest BCUT2D eigenvalue weighted by atomic mass is 16.2. The van der Waals surface area contributed by atoms with Gasteiger partial charge < -0.3 is 10.6 Å². The van der Waals surface area contributed by atoms with Crippen LogP contribution >= 0.6 is 0 Å². The molecule has 6 nitrogen and oxygen atoms in total. The summed E-state index contributed by atoms with van der Waals surface area (Å²) in [7, 11) is 0. The number of hydrogen-bond donors (Lipinski definition) is 2. The zero-order valence-corrected chi connectivity index (χ0v) is 16.3. The van der Waals surface area contributed by atoms with Crippen LogP contribution in [0.3, 0.4) is 0 Å². The molecule has 1 atom stereocenters. The summed E-state index contributed by atoms with van der Waals surface area (Å²) in [6.45, 7) is 2.04. The van der Waals surface area contributed by atoms with Gasteiger partial charge in [0.05, 0.1) is 11.4 Å². The van der Waals surface area contributed by atoms with Crippen molar-refractivity contribution in [2.24, 2.45) is 5.92 Å². The van der Waals surface area contributed by atoms with Crippen LogP contribution in [0.5, 0.6) is 0 Å². The quantitative estimate of drug-likeness (QED) is 0.653. The molecule has 1 heterocycles. The maximum absolute atomic E-state index is 12.5. The number of carbonyl (C=O) groups is 2. The van der Waals surface area contributed by atoms with Crippen molar-refractivity contribution in [3.63, 3.8) is 0 Å². The molecule has 0 aliphatic heterocycles. The Bertz CT molecular complexity index is 994. The first-order chi connectivity index (χ1) is 14.1. The van der Waals surface area contributed by atoms with Gasteiger partial charge in [0.25, 0.3) is 0 Å². The van der Waals surface area contributed by atoms with Gasteiger partial charge in [-0.15, -0.1) is 0 Å². The Morgan fingerprint density at radius 3 is 2.38 bits per heavy atom. The van der Waals surface area contributed by atoms with Crippen LogP contribution in [-0.2, 0) is 16.1 Å². The van der Waals surface area contributed by atoms with E-state index in [-0.39, 0.29) is 17.7 Å². The minimum atomic E-state index is -0.563. The molecule has 4 rings (SSSR count). The van der Waals surface area contributed by atoms with Crippen LogP contribution in [0.25, 0.3) is 16.9 Å². The van der Waals surface area contributed by atoms with Crippen molar-refractivity contribution in [1.29, 1.82) is 0 Å². The molecule has 2 aromatic carbocycles. The highest BCUT2D eigenvalue weighted by Crippen LogP contribution is 2.29. The minimum absolute atomic E-state index is 0.0329. The number of amides is 2. The van der Waals surface area contributed by atoms with Crippen LogP contribution in [-0.4, -0.2) is 27.6 Å². The zero-order valence-electron chi connectivity index (χ0n) is 16.3. The Balaban J connectivity index is 1.51. The van der Waals surface area contributed by atoms with E-state index in [9.17, 15) is 9.59 Å². The van der Waals surface area contributed by atoms with E-state index in [1.807, 2.05) is 71.5 Å². The molecule has 0 spiro atoms. The first kappa shape index (κ1) is 18.9. The van der Waals surface area contributed by atoms with E-state index < -0.39 is 6.04 Å². The lowest BCUT2D eigenvalue weighted by molar-refractivity contribution is -0.129. The molecule has 0 saturated heterocycles. The van der Waals surface area contributed by atoms with Gasteiger partial charge in [-0.05, 0) is 31.9 Å². The van der Waals surface area contributed by atoms with Gasteiger partial charge in [0, 0.05) is 29.8 Å². The van der Waals surface area contributed by atoms with Crippen molar-refractivity contribution in [2.45, 2.75) is 32.4 Å². The molecule has 1 saturated carbocycles. The van der Waals surface area contributed by atoms with Crippen LogP contribution in [0.15, 0.2) is 66.9 Å². The fourth-order valence-corrected chi connectivity index (χ4v) is 3.17. The lowest BCUT2D eigenvalue weighted by Gasteiger charge is -2.14. The smallest absolute Gasteiger partial charge is 0.242 e. The molecular weight excluding hydrogens is 364 g/mol. The fourth-order valence-electron chi connectivity index (χ4n) is 3.17. The van der Waals surface area contributed by atoms with Crippen LogP contribution in [0.1, 0.15) is 25.3 Å². The summed E-state index contributed by atoms with van der Waals surface area (Å²) in [5.41, 5.74) is 3.67. The Hall–Kier alpha value is -3.41. The van der Waals surface area contributed by atoms with Gasteiger partial charge in [0.1, 0.15) is 6.04 Å².